The van der Waals surface area contributed by atoms with Gasteiger partial charge >= 0.3 is 0 Å². The number of nitrogens with one attached hydrogen (secondary N) is 1. The molecule has 2 N–H and O–H groups in total. The Morgan fingerprint density at radius 3 is 2.91 bits per heavy atom. The van der Waals surface area contributed by atoms with Crippen LogP contribution in [-0.2, 0) is 13.0 Å². The van der Waals surface area contributed by atoms with E-state index in [0.717, 1.165) is 37.3 Å². The summed E-state index contributed by atoms with van der Waals surface area (Å²) in [5, 5.41) is 10.6. The second kappa shape index (κ2) is 5.80. The summed E-state index contributed by atoms with van der Waals surface area (Å²) < 4.78 is 0. The summed E-state index contributed by atoms with van der Waals surface area (Å²) in [6.45, 7) is 4.62. The van der Waals surface area contributed by atoms with Crippen molar-refractivity contribution in [3.8, 4) is 11.1 Å². The maximum Gasteiger partial charge on any atom is 0.137 e. The van der Waals surface area contributed by atoms with Gasteiger partial charge in [-0.3, -0.25) is 4.90 Å². The minimum Gasteiger partial charge on any atom is -0.390 e. The lowest BCUT2D eigenvalue weighted by atomic mass is 10.0. The van der Waals surface area contributed by atoms with Gasteiger partial charge in [0, 0.05) is 43.0 Å². The summed E-state index contributed by atoms with van der Waals surface area (Å²) >= 11 is 0. The van der Waals surface area contributed by atoms with E-state index in [1.165, 1.54) is 22.1 Å². The Kier molecular flexibility index (Phi) is 3.63. The number of β-amino-alcohol motifs (C(OH)–C–C–N with tert-alkyl or cyclic N) is 1. The van der Waals surface area contributed by atoms with Crippen LogP contribution in [-0.4, -0.2) is 39.2 Å². The Morgan fingerprint density at radius 2 is 2.13 bits per heavy atom. The van der Waals surface area contributed by atoms with Crippen LogP contribution in [0.4, 0.5) is 0 Å². The number of aliphatic hydroxyl groups excluding tert-OH is 1. The molecule has 1 saturated heterocycles. The van der Waals surface area contributed by atoms with Crippen LogP contribution in [0.1, 0.15) is 18.1 Å². The van der Waals surface area contributed by atoms with Crippen LogP contribution in [0.2, 0.25) is 0 Å². The quantitative estimate of drug-likeness (QED) is 0.779. The summed E-state index contributed by atoms with van der Waals surface area (Å²) in [5.41, 5.74) is 5.88. The predicted octanol–water partition coefficient (Wildman–Crippen LogP) is 2.97. The lowest BCUT2D eigenvalue weighted by molar-refractivity contribution is -0.00285. The molecular formula is C19H21N3O. The van der Waals surface area contributed by atoms with E-state index in [4.69, 9.17) is 0 Å². The number of aromatic nitrogens is 2. The molecule has 2 aromatic heterocycles. The predicted molar refractivity (Wildman–Crippen MR) is 92.2 cm³/mol. The molecule has 1 aliphatic heterocycles. The first-order valence-electron chi connectivity index (χ1n) is 8.18. The zero-order chi connectivity index (χ0) is 15.8. The SMILES string of the molecule is CCc1c[nH]c2ncc(-c3cccc(CN4CC(O)C4)c3)cc12. The number of hydrogen-bond donors (Lipinski definition) is 2. The normalized spacial score (nSPS) is 15.9. The Bertz CT molecular complexity index is 834. The number of nitrogens with zero attached hydrogens (tertiary/aromatic N) is 2. The smallest absolute Gasteiger partial charge is 0.137 e. The number of benzene rings is 1. The van der Waals surface area contributed by atoms with Gasteiger partial charge in [0.05, 0.1) is 6.10 Å². The largest absolute Gasteiger partial charge is 0.390 e. The molecule has 0 radical (unpaired) electrons. The van der Waals surface area contributed by atoms with Crippen LogP contribution in [0.5, 0.6) is 0 Å². The second-order valence-corrected chi connectivity index (χ2v) is 6.34. The van der Waals surface area contributed by atoms with Crippen LogP contribution in [0.25, 0.3) is 22.2 Å². The van der Waals surface area contributed by atoms with E-state index < -0.39 is 0 Å². The molecule has 3 aromatic rings. The molecule has 0 bridgehead atoms. The minimum absolute atomic E-state index is 0.147. The number of H-pyrrole nitrogens is 1. The van der Waals surface area contributed by atoms with Crippen LogP contribution in [0.3, 0.4) is 0 Å². The highest BCUT2D eigenvalue weighted by Gasteiger charge is 2.23. The van der Waals surface area contributed by atoms with Crippen LogP contribution < -0.4 is 0 Å². The van der Waals surface area contributed by atoms with Gasteiger partial charge in [-0.2, -0.15) is 0 Å². The first-order chi connectivity index (χ1) is 11.2. The van der Waals surface area contributed by atoms with Gasteiger partial charge in [0.1, 0.15) is 5.65 Å². The summed E-state index contributed by atoms with van der Waals surface area (Å²) in [5.74, 6) is 0. The number of aromatic amines is 1. The fourth-order valence-electron chi connectivity index (χ4n) is 3.29. The van der Waals surface area contributed by atoms with Crippen molar-refractivity contribution in [3.63, 3.8) is 0 Å². The number of aliphatic hydroxyl groups is 1. The topological polar surface area (TPSA) is 52.2 Å². The number of rotatable bonds is 4. The van der Waals surface area contributed by atoms with E-state index in [9.17, 15) is 5.11 Å². The molecule has 1 aliphatic rings. The molecule has 0 saturated carbocycles. The second-order valence-electron chi connectivity index (χ2n) is 6.34. The van der Waals surface area contributed by atoms with Crippen molar-refractivity contribution in [2.45, 2.75) is 26.0 Å². The van der Waals surface area contributed by atoms with Crippen LogP contribution in [0.15, 0.2) is 42.7 Å². The third kappa shape index (κ3) is 2.76. The van der Waals surface area contributed by atoms with Crippen molar-refractivity contribution in [2.75, 3.05) is 13.1 Å². The van der Waals surface area contributed by atoms with Gasteiger partial charge < -0.3 is 10.1 Å². The minimum atomic E-state index is -0.147. The van der Waals surface area contributed by atoms with E-state index >= 15 is 0 Å². The average molecular weight is 307 g/mol. The Morgan fingerprint density at radius 1 is 1.26 bits per heavy atom. The zero-order valence-electron chi connectivity index (χ0n) is 13.3. The van der Waals surface area contributed by atoms with Gasteiger partial charge in [0.15, 0.2) is 0 Å². The zero-order valence-corrected chi connectivity index (χ0v) is 13.3. The third-order valence-electron chi connectivity index (χ3n) is 4.60. The van der Waals surface area contributed by atoms with Crippen LogP contribution >= 0.6 is 0 Å². The molecule has 0 amide bonds. The van der Waals surface area contributed by atoms with Crippen molar-refractivity contribution in [1.82, 2.24) is 14.9 Å². The maximum atomic E-state index is 9.41. The summed E-state index contributed by atoms with van der Waals surface area (Å²) in [6, 6.07) is 10.8. The molecular weight excluding hydrogens is 286 g/mol. The lowest BCUT2D eigenvalue weighted by Gasteiger charge is -2.35. The van der Waals surface area contributed by atoms with E-state index in [2.05, 4.69) is 52.1 Å². The molecule has 0 atom stereocenters. The van der Waals surface area contributed by atoms with Gasteiger partial charge in [-0.25, -0.2) is 4.98 Å². The standard InChI is InChI=1S/C19H21N3O/c1-2-14-8-20-19-18(14)7-16(9-21-19)15-5-3-4-13(6-15)10-22-11-17(23)12-22/h3-9,17,23H,2,10-12H2,1H3,(H,20,21). The number of likely N-dealkylation sites (tertiary alicyclic amines) is 1. The van der Waals surface area contributed by atoms with Gasteiger partial charge in [0.2, 0.25) is 0 Å². The fourth-order valence-corrected chi connectivity index (χ4v) is 3.29. The molecule has 4 heteroatoms. The van der Waals surface area contributed by atoms with Crippen molar-refractivity contribution in [1.29, 1.82) is 0 Å². The Labute approximate surface area is 135 Å². The van der Waals surface area contributed by atoms with Crippen molar-refractivity contribution in [3.05, 3.63) is 53.9 Å². The first-order valence-corrected chi connectivity index (χ1v) is 8.18. The van der Waals surface area contributed by atoms with Gasteiger partial charge in [-0.15, -0.1) is 0 Å². The fraction of sp³-hybridized carbons (Fsp3) is 0.316. The first kappa shape index (κ1) is 14.4. The molecule has 1 aromatic carbocycles. The number of aryl methyl sites for hydroxylation is 1. The molecule has 1 fully saturated rings. The Balaban J connectivity index is 1.64. The van der Waals surface area contributed by atoms with Crippen molar-refractivity contribution >= 4 is 11.0 Å². The highest BCUT2D eigenvalue weighted by atomic mass is 16.3. The average Bonchev–Trinajstić information content (AvgIpc) is 2.96. The molecule has 0 spiro atoms. The summed E-state index contributed by atoms with van der Waals surface area (Å²) in [6.07, 6.45) is 4.84. The van der Waals surface area contributed by atoms with Gasteiger partial charge in [-0.1, -0.05) is 25.1 Å². The van der Waals surface area contributed by atoms with Crippen molar-refractivity contribution < 1.29 is 5.11 Å². The van der Waals surface area contributed by atoms with Crippen LogP contribution in [0, 0.1) is 0 Å². The van der Waals surface area contributed by atoms with Gasteiger partial charge in [-0.05, 0) is 35.2 Å². The number of fused-ring (bicyclic) bond motifs is 1. The molecule has 4 nitrogen and oxygen atoms in total. The summed E-state index contributed by atoms with van der Waals surface area (Å²) in [4.78, 5) is 10.0. The molecule has 0 aliphatic carbocycles. The monoisotopic (exact) mass is 307 g/mol. The highest BCUT2D eigenvalue weighted by molar-refractivity contribution is 5.84. The molecule has 118 valence electrons. The Hall–Kier alpha value is -2.17. The summed E-state index contributed by atoms with van der Waals surface area (Å²) in [7, 11) is 0. The third-order valence-corrected chi connectivity index (χ3v) is 4.60. The van der Waals surface area contributed by atoms with E-state index in [1.807, 2.05) is 12.4 Å². The molecule has 23 heavy (non-hydrogen) atoms. The molecule has 0 unspecified atom stereocenters. The van der Waals surface area contributed by atoms with E-state index in [-0.39, 0.29) is 6.10 Å². The number of pyridine rings is 1. The maximum absolute atomic E-state index is 9.41. The molecule has 3 heterocycles. The van der Waals surface area contributed by atoms with Gasteiger partial charge in [0.25, 0.3) is 0 Å². The van der Waals surface area contributed by atoms with E-state index in [1.54, 1.807) is 0 Å². The highest BCUT2D eigenvalue weighted by Crippen LogP contribution is 2.26. The van der Waals surface area contributed by atoms with Crippen molar-refractivity contribution in [2.24, 2.45) is 0 Å². The lowest BCUT2D eigenvalue weighted by Crippen LogP contribution is -2.49. The molecule has 4 rings (SSSR count). The number of hydrogen-bond acceptors (Lipinski definition) is 3. The van der Waals surface area contributed by atoms with E-state index in [0.29, 0.717) is 0 Å².